The lowest BCUT2D eigenvalue weighted by Gasteiger charge is -2.05. The molecule has 24 heavy (non-hydrogen) atoms. The van der Waals surface area contributed by atoms with E-state index in [-0.39, 0.29) is 5.76 Å². The first-order valence-corrected chi connectivity index (χ1v) is 8.16. The molecule has 0 bridgehead atoms. The summed E-state index contributed by atoms with van der Waals surface area (Å²) >= 11 is 1.27. The zero-order valence-corrected chi connectivity index (χ0v) is 13.6. The van der Waals surface area contributed by atoms with E-state index in [0.717, 1.165) is 5.56 Å². The Bertz CT molecular complexity index is 842. The normalized spacial score (nSPS) is 10.7. The quantitative estimate of drug-likeness (QED) is 0.646. The topological polar surface area (TPSA) is 98.6 Å². The number of para-hydroxylation sites is 1. The Morgan fingerprint density at radius 2 is 2.04 bits per heavy atom. The maximum atomic E-state index is 10.8. The van der Waals surface area contributed by atoms with Crippen molar-refractivity contribution in [3.05, 3.63) is 47.9 Å². The van der Waals surface area contributed by atoms with Gasteiger partial charge in [0.15, 0.2) is 0 Å². The van der Waals surface area contributed by atoms with E-state index in [4.69, 9.17) is 18.7 Å². The number of carbonyl (C=O) groups is 1. The van der Waals surface area contributed by atoms with E-state index in [1.54, 1.807) is 6.07 Å². The Labute approximate surface area is 141 Å². The fraction of sp³-hybridized carbons (Fsp3) is 0.188. The smallest absolute Gasteiger partial charge is 0.371 e. The molecule has 0 amide bonds. The molecule has 0 saturated carbocycles. The van der Waals surface area contributed by atoms with Crippen LogP contribution in [0.25, 0.3) is 11.5 Å². The number of furan rings is 1. The van der Waals surface area contributed by atoms with Gasteiger partial charge in [-0.05, 0) is 31.2 Å². The molecule has 0 aliphatic rings. The van der Waals surface area contributed by atoms with Crippen LogP contribution < -0.4 is 4.74 Å². The highest BCUT2D eigenvalue weighted by molar-refractivity contribution is 7.98. The van der Waals surface area contributed by atoms with E-state index in [9.17, 15) is 4.79 Å². The van der Waals surface area contributed by atoms with Crippen molar-refractivity contribution in [3.8, 4) is 17.2 Å². The number of benzene rings is 1. The van der Waals surface area contributed by atoms with Gasteiger partial charge in [0, 0.05) is 0 Å². The van der Waals surface area contributed by atoms with Gasteiger partial charge in [0.05, 0.1) is 17.9 Å². The molecule has 0 spiro atoms. The Hall–Kier alpha value is -2.74. The number of rotatable bonds is 7. The molecule has 1 aromatic carbocycles. The van der Waals surface area contributed by atoms with Crippen LogP contribution >= 0.6 is 11.8 Å². The fourth-order valence-electron chi connectivity index (χ4n) is 2.00. The first-order valence-electron chi connectivity index (χ1n) is 7.18. The van der Waals surface area contributed by atoms with Gasteiger partial charge in [0.2, 0.25) is 5.76 Å². The van der Waals surface area contributed by atoms with Crippen LogP contribution in [0.3, 0.4) is 0 Å². The molecule has 1 N–H and O–H groups in total. The lowest BCUT2D eigenvalue weighted by Crippen LogP contribution is -1.93. The number of hydrogen-bond donors (Lipinski definition) is 1. The van der Waals surface area contributed by atoms with Gasteiger partial charge in [0.1, 0.15) is 11.5 Å². The molecule has 8 heteroatoms. The van der Waals surface area contributed by atoms with Gasteiger partial charge >= 0.3 is 5.97 Å². The third-order valence-electron chi connectivity index (χ3n) is 3.03. The van der Waals surface area contributed by atoms with Gasteiger partial charge in [-0.1, -0.05) is 23.9 Å². The molecule has 0 aliphatic carbocycles. The molecule has 0 aliphatic heterocycles. The Kier molecular flexibility index (Phi) is 4.85. The number of aromatic nitrogens is 2. The summed E-state index contributed by atoms with van der Waals surface area (Å²) < 4.78 is 16.4. The average molecular weight is 346 g/mol. The molecule has 7 nitrogen and oxygen atoms in total. The molecular formula is C16H14N2O5S. The van der Waals surface area contributed by atoms with Crippen molar-refractivity contribution in [2.75, 3.05) is 6.61 Å². The number of carboxylic acids is 1. The largest absolute Gasteiger partial charge is 0.493 e. The fourth-order valence-corrected chi connectivity index (χ4v) is 2.66. The second-order valence-electron chi connectivity index (χ2n) is 4.66. The van der Waals surface area contributed by atoms with Crippen LogP contribution in [0.1, 0.15) is 23.2 Å². The summed E-state index contributed by atoms with van der Waals surface area (Å²) in [4.78, 5) is 10.8. The van der Waals surface area contributed by atoms with E-state index in [0.29, 0.717) is 35.0 Å². The van der Waals surface area contributed by atoms with Crippen molar-refractivity contribution in [1.29, 1.82) is 0 Å². The third-order valence-corrected chi connectivity index (χ3v) is 3.87. The molecule has 2 aromatic heterocycles. The maximum Gasteiger partial charge on any atom is 0.371 e. The van der Waals surface area contributed by atoms with E-state index in [2.05, 4.69) is 10.2 Å². The number of nitrogens with zero attached hydrogens (tertiary/aromatic N) is 2. The van der Waals surface area contributed by atoms with E-state index in [1.807, 2.05) is 31.2 Å². The van der Waals surface area contributed by atoms with E-state index >= 15 is 0 Å². The average Bonchev–Trinajstić information content (AvgIpc) is 3.23. The Morgan fingerprint density at radius 1 is 1.21 bits per heavy atom. The predicted octanol–water partition coefficient (Wildman–Crippen LogP) is 3.72. The summed E-state index contributed by atoms with van der Waals surface area (Å²) in [6.45, 7) is 2.44. The van der Waals surface area contributed by atoms with Crippen LogP contribution in [0.5, 0.6) is 5.75 Å². The second-order valence-corrected chi connectivity index (χ2v) is 5.59. The number of thioether (sulfide) groups is 1. The number of aromatic carboxylic acids is 1. The second kappa shape index (κ2) is 7.22. The summed E-state index contributed by atoms with van der Waals surface area (Å²) in [5.74, 6) is 0.764. The lowest BCUT2D eigenvalue weighted by molar-refractivity contribution is 0.0661. The molecular weight excluding hydrogens is 332 g/mol. The van der Waals surface area contributed by atoms with Crippen LogP contribution in [0.4, 0.5) is 0 Å². The molecule has 0 fully saturated rings. The molecule has 0 unspecified atom stereocenters. The molecule has 3 aromatic rings. The highest BCUT2D eigenvalue weighted by Crippen LogP contribution is 2.31. The van der Waals surface area contributed by atoms with Crippen LogP contribution in [0, 0.1) is 0 Å². The number of ether oxygens (including phenoxy) is 1. The van der Waals surface area contributed by atoms with Crippen LogP contribution in [0.2, 0.25) is 0 Å². The summed E-state index contributed by atoms with van der Waals surface area (Å²) in [5.41, 5.74) is 0.727. The minimum atomic E-state index is -1.10. The van der Waals surface area contributed by atoms with Gasteiger partial charge in [-0.25, -0.2) is 4.79 Å². The molecule has 0 saturated heterocycles. The predicted molar refractivity (Wildman–Crippen MR) is 86.1 cm³/mol. The SMILES string of the molecule is CCOc1ccccc1-c1nnc(SCc2ccc(C(=O)O)o2)o1. The summed E-state index contributed by atoms with van der Waals surface area (Å²) in [6, 6.07) is 10.4. The van der Waals surface area contributed by atoms with Gasteiger partial charge in [-0.3, -0.25) is 0 Å². The van der Waals surface area contributed by atoms with Gasteiger partial charge in [-0.2, -0.15) is 0 Å². The maximum absolute atomic E-state index is 10.8. The molecule has 124 valence electrons. The minimum Gasteiger partial charge on any atom is -0.493 e. The van der Waals surface area contributed by atoms with Crippen molar-refractivity contribution >= 4 is 17.7 Å². The lowest BCUT2D eigenvalue weighted by atomic mass is 10.2. The van der Waals surface area contributed by atoms with Crippen molar-refractivity contribution < 1.29 is 23.5 Å². The Morgan fingerprint density at radius 3 is 2.79 bits per heavy atom. The van der Waals surface area contributed by atoms with Crippen LogP contribution in [-0.2, 0) is 5.75 Å². The monoisotopic (exact) mass is 346 g/mol. The summed E-state index contributed by atoms with van der Waals surface area (Å²) in [7, 11) is 0. The standard InChI is InChI=1S/C16H14N2O5S/c1-2-21-12-6-4-3-5-11(12)14-17-18-16(23-14)24-9-10-7-8-13(22-10)15(19)20/h3-8H,2,9H2,1H3,(H,19,20). The first-order chi connectivity index (χ1) is 11.7. The Balaban J connectivity index is 1.70. The minimum absolute atomic E-state index is 0.0949. The first kappa shape index (κ1) is 16.1. The van der Waals surface area contributed by atoms with Crippen molar-refractivity contribution in [2.24, 2.45) is 0 Å². The van der Waals surface area contributed by atoms with Crippen molar-refractivity contribution in [3.63, 3.8) is 0 Å². The van der Waals surface area contributed by atoms with Gasteiger partial charge < -0.3 is 18.7 Å². The third kappa shape index (κ3) is 3.60. The van der Waals surface area contributed by atoms with Crippen LogP contribution in [-0.4, -0.2) is 27.9 Å². The summed E-state index contributed by atoms with van der Waals surface area (Å²) in [5, 5.41) is 17.2. The van der Waals surface area contributed by atoms with Gasteiger partial charge in [0.25, 0.3) is 11.1 Å². The van der Waals surface area contributed by atoms with E-state index in [1.165, 1.54) is 17.8 Å². The van der Waals surface area contributed by atoms with Crippen LogP contribution in [0.15, 0.2) is 50.5 Å². The highest BCUT2D eigenvalue weighted by Gasteiger charge is 2.15. The highest BCUT2D eigenvalue weighted by atomic mass is 32.2. The van der Waals surface area contributed by atoms with E-state index < -0.39 is 5.97 Å². The molecule has 0 radical (unpaired) electrons. The molecule has 3 rings (SSSR count). The number of hydrogen-bond acceptors (Lipinski definition) is 7. The zero-order chi connectivity index (χ0) is 16.9. The van der Waals surface area contributed by atoms with Gasteiger partial charge in [-0.15, -0.1) is 10.2 Å². The van der Waals surface area contributed by atoms with Crippen molar-refractivity contribution in [1.82, 2.24) is 10.2 Å². The van der Waals surface area contributed by atoms with Crippen molar-refractivity contribution in [2.45, 2.75) is 17.9 Å². The number of carboxylic acid groups (broad SMARTS) is 1. The molecule has 2 heterocycles. The molecule has 0 atom stereocenters. The zero-order valence-electron chi connectivity index (χ0n) is 12.8. The summed E-state index contributed by atoms with van der Waals surface area (Å²) in [6.07, 6.45) is 0.